The third-order valence-electron chi connectivity index (χ3n) is 1.09. The minimum Gasteiger partial charge on any atom is -0.423 e. The van der Waals surface area contributed by atoms with Gasteiger partial charge >= 0.3 is 7.12 Å². The summed E-state index contributed by atoms with van der Waals surface area (Å²) in [4.78, 5) is 3.04. The van der Waals surface area contributed by atoms with Gasteiger partial charge in [0.2, 0.25) is 0 Å². The maximum Gasteiger partial charge on any atom is 0.490 e. The molecule has 1 aromatic heterocycles. The molecule has 0 aliphatic rings. The Balaban J connectivity index is 3.44. The molecule has 1 rings (SSSR count). The van der Waals surface area contributed by atoms with Gasteiger partial charge in [-0.1, -0.05) is 6.04 Å². The first-order valence-corrected chi connectivity index (χ1v) is 2.98. The molecule has 0 aromatic carbocycles. The van der Waals surface area contributed by atoms with Crippen molar-refractivity contribution in [1.82, 2.24) is 4.98 Å². The van der Waals surface area contributed by atoms with Crippen LogP contribution in [-0.2, 0) is 0 Å². The largest absolute Gasteiger partial charge is 0.490 e. The molecule has 0 spiro atoms. The molecule has 2 N–H and O–H groups in total. The Morgan fingerprint density at radius 3 is 2.67 bits per heavy atom. The predicted molar refractivity (Wildman–Crippen MR) is 39.0 cm³/mol. The van der Waals surface area contributed by atoms with Gasteiger partial charge in [-0.15, -0.1) is 0 Å². The molecule has 3 nitrogen and oxygen atoms in total. The van der Waals surface area contributed by atoms with E-state index in [9.17, 15) is 8.78 Å². The van der Waals surface area contributed by atoms with Gasteiger partial charge in [0.05, 0.1) is 4.11 Å². The number of rotatable bonds is 2. The van der Waals surface area contributed by atoms with Crippen LogP contribution in [0, 0.1) is 0 Å². The third-order valence-corrected chi connectivity index (χ3v) is 1.09. The molecule has 0 unspecified atom stereocenters. The Hall–Kier alpha value is -1.01. The number of aromatic nitrogens is 1. The lowest BCUT2D eigenvalue weighted by Crippen LogP contribution is -2.30. The van der Waals surface area contributed by atoms with Crippen LogP contribution in [0.2, 0.25) is 0 Å². The van der Waals surface area contributed by atoms with Crippen molar-refractivity contribution in [2.75, 3.05) is 0 Å². The van der Waals surface area contributed by atoms with E-state index in [1.54, 1.807) is 0 Å². The Kier molecular flexibility index (Phi) is 1.68. The van der Waals surface area contributed by atoms with Crippen molar-refractivity contribution in [3.05, 3.63) is 24.0 Å². The second-order valence-corrected chi connectivity index (χ2v) is 1.95. The topological polar surface area (TPSA) is 53.4 Å². The van der Waals surface area contributed by atoms with Crippen LogP contribution < -0.4 is 5.46 Å². The third kappa shape index (κ3) is 1.99. The molecule has 0 fully saturated rings. The summed E-state index contributed by atoms with van der Waals surface area (Å²) in [5.41, 5.74) is -1.65. The van der Waals surface area contributed by atoms with Crippen LogP contribution in [0.25, 0.3) is 0 Å². The fraction of sp³-hybridized carbons (Fsp3) is 0.167. The Labute approximate surface area is 72.0 Å². The smallest absolute Gasteiger partial charge is 0.423 e. The fourth-order valence-corrected chi connectivity index (χ4v) is 0.533. The van der Waals surface area contributed by atoms with Gasteiger partial charge in [-0.05, 0) is 6.04 Å². The molecule has 0 amide bonds. The first kappa shape index (κ1) is 5.61. The zero-order valence-electron chi connectivity index (χ0n) is 8.75. The summed E-state index contributed by atoms with van der Waals surface area (Å²) in [6, 6.07) is -1.72. The molecule has 0 atom stereocenters. The molecule has 0 saturated heterocycles. The van der Waals surface area contributed by atoms with Crippen molar-refractivity contribution < 1.29 is 22.9 Å². The highest BCUT2D eigenvalue weighted by Gasteiger charge is 2.13. The van der Waals surface area contributed by atoms with Crippen LogP contribution in [0.5, 0.6) is 0 Å². The molecule has 64 valence electrons. The Morgan fingerprint density at radius 1 is 1.50 bits per heavy atom. The summed E-state index contributed by atoms with van der Waals surface area (Å²) in [6.07, 6.45) is -3.91. The zero-order valence-corrected chi connectivity index (χ0v) is 5.75. The number of pyridine rings is 1. The second kappa shape index (κ2) is 3.60. The van der Waals surface area contributed by atoms with Crippen molar-refractivity contribution in [2.45, 2.75) is 6.43 Å². The number of nitrogens with zero attached hydrogens (tertiary/aromatic N) is 1. The molecule has 0 aliphatic heterocycles. The van der Waals surface area contributed by atoms with Crippen LogP contribution in [0.4, 0.5) is 8.78 Å². The van der Waals surface area contributed by atoms with E-state index in [4.69, 9.17) is 14.2 Å². The van der Waals surface area contributed by atoms with Crippen molar-refractivity contribution in [1.29, 1.82) is 0 Å². The normalized spacial score (nSPS) is 13.9. The summed E-state index contributed by atoms with van der Waals surface area (Å²) >= 11 is 0. The minimum absolute atomic E-state index is 0.649. The highest BCUT2D eigenvalue weighted by molar-refractivity contribution is 6.58. The lowest BCUT2D eigenvalue weighted by molar-refractivity contribution is 0.146. The van der Waals surface area contributed by atoms with E-state index in [1.807, 2.05) is 0 Å². The Morgan fingerprint density at radius 2 is 2.17 bits per heavy atom. The first-order valence-electron chi connectivity index (χ1n) is 4.48. The van der Waals surface area contributed by atoms with Gasteiger partial charge in [0.15, 0.2) is 0 Å². The van der Waals surface area contributed by atoms with E-state index in [1.165, 1.54) is 0 Å². The molecule has 12 heavy (non-hydrogen) atoms. The predicted octanol–water partition coefficient (Wildman–Crippen LogP) is -0.301. The molecule has 1 aromatic rings. The number of hydrogen-bond acceptors (Lipinski definition) is 3. The van der Waals surface area contributed by atoms with Gasteiger partial charge in [-0.25, -0.2) is 8.78 Å². The highest BCUT2D eigenvalue weighted by Crippen LogP contribution is 2.13. The molecule has 0 radical (unpaired) electrons. The fourth-order valence-electron chi connectivity index (χ4n) is 0.533. The van der Waals surface area contributed by atoms with E-state index < -0.39 is 43.0 Å². The van der Waals surface area contributed by atoms with E-state index in [2.05, 4.69) is 4.98 Å². The van der Waals surface area contributed by atoms with E-state index in [0.29, 0.717) is 0 Å². The maximum atomic E-state index is 12.2. The molecule has 0 bridgehead atoms. The zero-order chi connectivity index (χ0) is 11.7. The molecule has 6 heteroatoms. The monoisotopic (exact) mass is 176 g/mol. The van der Waals surface area contributed by atoms with Gasteiger partial charge < -0.3 is 10.0 Å². The number of halogens is 2. The van der Waals surface area contributed by atoms with E-state index in [0.717, 1.165) is 0 Å². The first-order chi connectivity index (χ1) is 6.86. The van der Waals surface area contributed by atoms with Gasteiger partial charge in [0.25, 0.3) is 6.43 Å². The number of alkyl halides is 2. The Bertz CT molecular complexity index is 391. The summed E-state index contributed by atoms with van der Waals surface area (Å²) in [6.45, 7) is 0. The van der Waals surface area contributed by atoms with Crippen LogP contribution in [0.1, 0.15) is 16.2 Å². The minimum atomic E-state index is -3.07. The molecule has 0 aliphatic carbocycles. The highest BCUT2D eigenvalue weighted by atomic mass is 19.3. The van der Waals surface area contributed by atoms with Crippen molar-refractivity contribution in [2.24, 2.45) is 0 Å². The van der Waals surface area contributed by atoms with E-state index in [-0.39, 0.29) is 0 Å². The van der Waals surface area contributed by atoms with E-state index >= 15 is 0 Å². The van der Waals surface area contributed by atoms with Gasteiger partial charge in [0.1, 0.15) is 5.69 Å². The summed E-state index contributed by atoms with van der Waals surface area (Å²) in [5.74, 6) is 0. The second-order valence-electron chi connectivity index (χ2n) is 1.95. The van der Waals surface area contributed by atoms with Crippen LogP contribution in [0.3, 0.4) is 0 Å². The lowest BCUT2D eigenvalue weighted by atomic mass is 9.82. The van der Waals surface area contributed by atoms with Gasteiger partial charge in [-0.3, -0.25) is 4.98 Å². The molecule has 0 saturated carbocycles. The average molecular weight is 176 g/mol. The SMILES string of the molecule is [2H]c1nc(C(F)F)c([2H])c([2H])c1B(O)O. The number of hydrogen-bond donors (Lipinski definition) is 2. The van der Waals surface area contributed by atoms with Crippen molar-refractivity contribution >= 4 is 12.6 Å². The maximum absolute atomic E-state index is 12.2. The summed E-state index contributed by atoms with van der Waals surface area (Å²) in [5, 5.41) is 17.5. The van der Waals surface area contributed by atoms with Crippen molar-refractivity contribution in [3.8, 4) is 0 Å². The van der Waals surface area contributed by atoms with Crippen LogP contribution >= 0.6 is 0 Å². The molecular weight excluding hydrogens is 167 g/mol. The van der Waals surface area contributed by atoms with Crippen LogP contribution in [0.15, 0.2) is 18.3 Å². The quantitative estimate of drug-likeness (QED) is 0.608. The lowest BCUT2D eigenvalue weighted by Gasteiger charge is -2.00. The van der Waals surface area contributed by atoms with Crippen LogP contribution in [-0.4, -0.2) is 22.2 Å². The molecular formula is C6H6BF2NO2. The van der Waals surface area contributed by atoms with Gasteiger partial charge in [-0.2, -0.15) is 0 Å². The summed E-state index contributed by atoms with van der Waals surface area (Å²) in [7, 11) is -2.17. The van der Waals surface area contributed by atoms with Crippen molar-refractivity contribution in [3.63, 3.8) is 0 Å². The standard InChI is InChI=1S/C6H6BF2NO2/c8-6(9)5-2-1-4(3-10-5)7(11)12/h1-3,6,11-12H/i1D,2D,3D. The molecule has 1 heterocycles. The summed E-state index contributed by atoms with van der Waals surface area (Å²) < 4.78 is 45.9. The average Bonchev–Trinajstić information content (AvgIpc) is 2.10. The van der Waals surface area contributed by atoms with Gasteiger partial charge in [0, 0.05) is 11.6 Å².